The highest BCUT2D eigenvalue weighted by Gasteiger charge is 2.46. The van der Waals surface area contributed by atoms with E-state index in [-0.39, 0.29) is 28.7 Å². The smallest absolute Gasteiger partial charge is 0.407 e. The number of hydrogen-bond donors (Lipinski definition) is 3. The minimum atomic E-state index is -2.57. The molecule has 1 amide bonds. The van der Waals surface area contributed by atoms with E-state index < -0.39 is 34.4 Å². The molecule has 43 heavy (non-hydrogen) atoms. The molecule has 0 saturated carbocycles. The number of hydrogen-bond acceptors (Lipinski definition) is 5. The lowest BCUT2D eigenvalue weighted by Crippen LogP contribution is -2.54. The van der Waals surface area contributed by atoms with Crippen molar-refractivity contribution in [2.45, 2.75) is 206 Å². The summed E-state index contributed by atoms with van der Waals surface area (Å²) in [5.74, 6) is -0.159. The van der Waals surface area contributed by atoms with Crippen LogP contribution in [0.4, 0.5) is 4.79 Å². The topological polar surface area (TPSA) is 88.0 Å². The first-order chi connectivity index (χ1) is 19.6. The zero-order chi connectivity index (χ0) is 33.5. The Balaban J connectivity index is 5.76. The predicted molar refractivity (Wildman–Crippen MR) is 190 cm³/mol. The van der Waals surface area contributed by atoms with Gasteiger partial charge in [-0.25, -0.2) is 4.79 Å². The van der Waals surface area contributed by atoms with Crippen molar-refractivity contribution in [3.63, 3.8) is 0 Å². The van der Waals surface area contributed by atoms with E-state index in [1.165, 1.54) is 64.2 Å². The maximum absolute atomic E-state index is 12.9. The summed E-state index contributed by atoms with van der Waals surface area (Å²) in [7, 11) is -4.73. The van der Waals surface area contributed by atoms with Crippen LogP contribution in [0.1, 0.15) is 152 Å². The van der Waals surface area contributed by atoms with Gasteiger partial charge in [0.2, 0.25) is 0 Å². The van der Waals surface area contributed by atoms with Crippen molar-refractivity contribution in [1.29, 1.82) is 0 Å². The fraction of sp³-hybridized carbons (Fsp3) is 0.971. The average Bonchev–Trinajstić information content (AvgIpc) is 2.83. The van der Waals surface area contributed by atoms with Crippen molar-refractivity contribution in [2.75, 3.05) is 6.61 Å². The van der Waals surface area contributed by atoms with Crippen molar-refractivity contribution >= 4 is 22.7 Å². The van der Waals surface area contributed by atoms with E-state index in [0.717, 1.165) is 19.3 Å². The standard InChI is InChI=1S/C35H75NO5Si2/c1-14-15-16-17-18-19-20-21-22-23-24-25-26-31(41-43(12,13)34(5,6)7)29(27-35(8,9)42(10,11)39)30(28-37)36-32(38)40-33(2,3)4/h29-31,37,39H,14-28H2,1-13H3,(H,36,38)/t29-,30-,31+/m0/s1. The fourth-order valence-corrected chi connectivity index (χ4v) is 7.36. The van der Waals surface area contributed by atoms with E-state index in [1.54, 1.807) is 0 Å². The lowest BCUT2D eigenvalue weighted by atomic mass is 9.83. The van der Waals surface area contributed by atoms with Gasteiger partial charge in [-0.05, 0) is 69.9 Å². The molecule has 0 unspecified atom stereocenters. The van der Waals surface area contributed by atoms with E-state index in [4.69, 9.17) is 9.16 Å². The minimum Gasteiger partial charge on any atom is -0.444 e. The van der Waals surface area contributed by atoms with Gasteiger partial charge in [0.25, 0.3) is 0 Å². The summed E-state index contributed by atoms with van der Waals surface area (Å²) in [4.78, 5) is 24.2. The number of nitrogens with one attached hydrogen (secondary N) is 1. The molecule has 6 nitrogen and oxygen atoms in total. The highest BCUT2D eigenvalue weighted by molar-refractivity contribution is 6.74. The first kappa shape index (κ1) is 42.6. The van der Waals surface area contributed by atoms with Crippen molar-refractivity contribution in [3.8, 4) is 0 Å². The number of aliphatic hydroxyl groups is 1. The molecule has 0 fully saturated rings. The van der Waals surface area contributed by atoms with E-state index in [2.05, 4.69) is 60.0 Å². The third-order valence-electron chi connectivity index (χ3n) is 9.89. The van der Waals surface area contributed by atoms with E-state index >= 15 is 0 Å². The number of aliphatic hydroxyl groups excluding tert-OH is 1. The Kier molecular flexibility index (Phi) is 19.1. The molecule has 3 atom stereocenters. The second kappa shape index (κ2) is 19.3. The number of ether oxygens (including phenoxy) is 1. The molecular weight excluding hydrogens is 571 g/mol. The van der Waals surface area contributed by atoms with Crippen molar-refractivity contribution in [2.24, 2.45) is 5.92 Å². The lowest BCUT2D eigenvalue weighted by Gasteiger charge is -2.46. The van der Waals surface area contributed by atoms with Crippen molar-refractivity contribution in [1.82, 2.24) is 5.32 Å². The molecule has 258 valence electrons. The molecule has 0 aromatic heterocycles. The predicted octanol–water partition coefficient (Wildman–Crippen LogP) is 10.3. The number of unbranched alkanes of at least 4 members (excludes halogenated alkanes) is 11. The van der Waals surface area contributed by atoms with Gasteiger partial charge in [-0.3, -0.25) is 0 Å². The van der Waals surface area contributed by atoms with Gasteiger partial charge in [0.05, 0.1) is 12.6 Å². The molecule has 0 heterocycles. The zero-order valence-corrected chi connectivity index (χ0v) is 33.0. The maximum atomic E-state index is 12.9. The molecular formula is C35H75NO5Si2. The molecule has 0 spiro atoms. The second-order valence-electron chi connectivity index (χ2n) is 16.8. The highest BCUT2D eigenvalue weighted by atomic mass is 28.4. The van der Waals surface area contributed by atoms with Crippen LogP contribution >= 0.6 is 0 Å². The molecule has 0 aliphatic heterocycles. The van der Waals surface area contributed by atoms with E-state index in [1.807, 2.05) is 33.9 Å². The summed E-state index contributed by atoms with van der Waals surface area (Å²) in [6.45, 7) is 27.1. The summed E-state index contributed by atoms with van der Waals surface area (Å²) in [6, 6.07) is -0.530. The SMILES string of the molecule is CCCCCCCCCCCCCC[C@@H](O[Si](C)(C)C(C)(C)C)[C@@H](CC(C)(C)[Si](C)(C)O)[C@H](CO)NC(=O)OC(C)(C)C. The normalized spacial score (nSPS) is 15.7. The summed E-state index contributed by atoms with van der Waals surface area (Å²) in [6.07, 6.45) is 16.4. The first-order valence-electron chi connectivity index (χ1n) is 17.6. The number of carbonyl (C=O) groups is 1. The van der Waals surface area contributed by atoms with Gasteiger partial charge in [-0.1, -0.05) is 119 Å². The van der Waals surface area contributed by atoms with E-state index in [0.29, 0.717) is 6.42 Å². The molecule has 8 heteroatoms. The van der Waals surface area contributed by atoms with Crippen LogP contribution in [0.15, 0.2) is 0 Å². The quantitative estimate of drug-likeness (QED) is 0.0805. The molecule has 3 N–H and O–H groups in total. The third-order valence-corrected chi connectivity index (χ3v) is 17.9. The monoisotopic (exact) mass is 646 g/mol. The van der Waals surface area contributed by atoms with Gasteiger partial charge >= 0.3 is 6.09 Å². The number of rotatable bonds is 22. The van der Waals surface area contributed by atoms with Gasteiger partial charge in [0.15, 0.2) is 16.6 Å². The van der Waals surface area contributed by atoms with Crippen LogP contribution in [0.3, 0.4) is 0 Å². The highest BCUT2D eigenvalue weighted by Crippen LogP contribution is 2.46. The Morgan fingerprint density at radius 2 is 1.21 bits per heavy atom. The van der Waals surface area contributed by atoms with Crippen LogP contribution in [0.5, 0.6) is 0 Å². The summed E-state index contributed by atoms with van der Waals surface area (Å²) < 4.78 is 12.8. The van der Waals surface area contributed by atoms with Gasteiger partial charge in [-0.15, -0.1) is 0 Å². The van der Waals surface area contributed by atoms with Crippen LogP contribution in [0, 0.1) is 5.92 Å². The summed E-state index contributed by atoms with van der Waals surface area (Å²) in [5, 5.41) is 13.4. The van der Waals surface area contributed by atoms with Crippen molar-refractivity contribution < 1.29 is 23.9 Å². The van der Waals surface area contributed by atoms with Gasteiger partial charge < -0.3 is 24.4 Å². The molecule has 0 aromatic carbocycles. The summed E-state index contributed by atoms with van der Waals surface area (Å²) >= 11 is 0. The van der Waals surface area contributed by atoms with Crippen LogP contribution < -0.4 is 5.32 Å². The Labute approximate surface area is 270 Å². The molecule has 0 radical (unpaired) electrons. The maximum Gasteiger partial charge on any atom is 0.407 e. The van der Waals surface area contributed by atoms with Crippen LogP contribution in [0.25, 0.3) is 0 Å². The third kappa shape index (κ3) is 17.8. The van der Waals surface area contributed by atoms with Crippen LogP contribution in [0.2, 0.25) is 36.3 Å². The van der Waals surface area contributed by atoms with Gasteiger partial charge in [0.1, 0.15) is 5.60 Å². The minimum absolute atomic E-state index is 0.0279. The van der Waals surface area contributed by atoms with E-state index in [9.17, 15) is 14.7 Å². The Bertz CT molecular complexity index is 753. The first-order valence-corrected chi connectivity index (χ1v) is 23.4. The lowest BCUT2D eigenvalue weighted by molar-refractivity contribution is 0.0281. The molecule has 0 aliphatic rings. The van der Waals surface area contributed by atoms with Crippen molar-refractivity contribution in [3.05, 3.63) is 0 Å². The average molecular weight is 646 g/mol. The molecule has 0 bridgehead atoms. The Morgan fingerprint density at radius 1 is 0.767 bits per heavy atom. The second-order valence-corrected chi connectivity index (χ2v) is 26.1. The van der Waals surface area contributed by atoms with Gasteiger partial charge in [0, 0.05) is 12.0 Å². The number of alkyl carbamates (subject to hydrolysis) is 1. The fourth-order valence-electron chi connectivity index (χ4n) is 5.22. The Hall–Kier alpha value is -0.416. The van der Waals surface area contributed by atoms with Crippen LogP contribution in [-0.4, -0.2) is 57.0 Å². The number of carbonyl (C=O) groups excluding carboxylic acids is 1. The molecule has 0 rings (SSSR count). The Morgan fingerprint density at radius 3 is 1.58 bits per heavy atom. The zero-order valence-electron chi connectivity index (χ0n) is 31.0. The van der Waals surface area contributed by atoms with Crippen LogP contribution in [-0.2, 0) is 9.16 Å². The van der Waals surface area contributed by atoms with Gasteiger partial charge in [-0.2, -0.15) is 0 Å². The molecule has 0 aliphatic carbocycles. The molecule has 0 aromatic rings. The number of amides is 1. The summed E-state index contributed by atoms with van der Waals surface area (Å²) in [5.41, 5.74) is -0.634. The molecule has 0 saturated heterocycles. The largest absolute Gasteiger partial charge is 0.444 e.